The van der Waals surface area contributed by atoms with Gasteiger partial charge >= 0.3 is 0 Å². The van der Waals surface area contributed by atoms with Crippen molar-refractivity contribution < 1.29 is 18.0 Å². The lowest BCUT2D eigenvalue weighted by Gasteiger charge is -2.26. The summed E-state index contributed by atoms with van der Waals surface area (Å²) in [5.41, 5.74) is 0.260. The van der Waals surface area contributed by atoms with Gasteiger partial charge in [-0.3, -0.25) is 9.59 Å². The van der Waals surface area contributed by atoms with Gasteiger partial charge in [-0.1, -0.05) is 12.1 Å². The standard InChI is InChI=1S/C17H19N3O4S2/c1-12(15-6-3-9-25-15)19-17(22)13-4-2-5-14(10-13)26(23,24)20-8-7-18-16(21)11-20/h2-6,9-10,12H,7-8,11H2,1H3,(H,18,21)(H,19,22)/t12-/m0/s1. The van der Waals surface area contributed by atoms with Crippen molar-refractivity contribution >= 4 is 33.2 Å². The Labute approximate surface area is 156 Å². The smallest absolute Gasteiger partial charge is 0.251 e. The van der Waals surface area contributed by atoms with E-state index in [9.17, 15) is 18.0 Å². The summed E-state index contributed by atoms with van der Waals surface area (Å²) < 4.78 is 26.6. The molecule has 0 spiro atoms. The maximum Gasteiger partial charge on any atom is 0.251 e. The van der Waals surface area contributed by atoms with Crippen LogP contribution in [-0.2, 0) is 14.8 Å². The molecule has 2 aromatic rings. The fraction of sp³-hybridized carbons (Fsp3) is 0.294. The van der Waals surface area contributed by atoms with Gasteiger partial charge in [0.25, 0.3) is 5.91 Å². The van der Waals surface area contributed by atoms with Gasteiger partial charge in [0, 0.05) is 23.5 Å². The van der Waals surface area contributed by atoms with E-state index in [1.165, 1.54) is 29.5 Å². The van der Waals surface area contributed by atoms with Crippen molar-refractivity contribution in [2.75, 3.05) is 19.6 Å². The molecule has 2 N–H and O–H groups in total. The number of carbonyl (C=O) groups excluding carboxylic acids is 2. The summed E-state index contributed by atoms with van der Waals surface area (Å²) in [4.78, 5) is 25.0. The van der Waals surface area contributed by atoms with Crippen molar-refractivity contribution in [1.29, 1.82) is 0 Å². The van der Waals surface area contributed by atoms with Crippen molar-refractivity contribution in [1.82, 2.24) is 14.9 Å². The molecule has 9 heteroatoms. The molecule has 1 fully saturated rings. The Hall–Kier alpha value is -2.23. The van der Waals surface area contributed by atoms with Gasteiger partial charge in [-0.25, -0.2) is 8.42 Å². The van der Waals surface area contributed by atoms with E-state index < -0.39 is 10.0 Å². The quantitative estimate of drug-likeness (QED) is 0.802. The lowest BCUT2D eigenvalue weighted by Crippen LogP contribution is -2.49. The van der Waals surface area contributed by atoms with E-state index in [0.29, 0.717) is 0 Å². The molecule has 1 aromatic heterocycles. The van der Waals surface area contributed by atoms with Gasteiger partial charge in [0.15, 0.2) is 0 Å². The monoisotopic (exact) mass is 393 g/mol. The number of rotatable bonds is 5. The van der Waals surface area contributed by atoms with E-state index in [4.69, 9.17) is 0 Å². The fourth-order valence-corrected chi connectivity index (χ4v) is 4.83. The Bertz CT molecular complexity index is 910. The molecule has 1 aromatic carbocycles. The highest BCUT2D eigenvalue weighted by Gasteiger charge is 2.29. The Morgan fingerprint density at radius 2 is 2.12 bits per heavy atom. The Kier molecular flexibility index (Phi) is 5.40. The lowest BCUT2D eigenvalue weighted by atomic mass is 10.2. The molecule has 1 atom stereocenters. The maximum absolute atomic E-state index is 12.7. The number of thiophene rings is 1. The SMILES string of the molecule is C[C@H](NC(=O)c1cccc(S(=O)(=O)N2CCNC(=O)C2)c1)c1cccs1. The van der Waals surface area contributed by atoms with Crippen LogP contribution >= 0.6 is 11.3 Å². The zero-order chi connectivity index (χ0) is 18.7. The second-order valence-electron chi connectivity index (χ2n) is 5.93. The summed E-state index contributed by atoms with van der Waals surface area (Å²) >= 11 is 1.54. The van der Waals surface area contributed by atoms with Crippen molar-refractivity contribution in [3.8, 4) is 0 Å². The van der Waals surface area contributed by atoms with Gasteiger partial charge in [0.2, 0.25) is 15.9 Å². The van der Waals surface area contributed by atoms with Crippen molar-refractivity contribution in [3.05, 3.63) is 52.2 Å². The molecule has 1 aliphatic rings. The average molecular weight is 393 g/mol. The summed E-state index contributed by atoms with van der Waals surface area (Å²) in [5, 5.41) is 7.39. The maximum atomic E-state index is 12.7. The first-order chi connectivity index (χ1) is 12.4. The highest BCUT2D eigenvalue weighted by molar-refractivity contribution is 7.89. The van der Waals surface area contributed by atoms with Crippen LogP contribution in [0.3, 0.4) is 0 Å². The number of carbonyl (C=O) groups is 2. The summed E-state index contributed by atoms with van der Waals surface area (Å²) in [7, 11) is -3.83. The number of hydrogen-bond donors (Lipinski definition) is 2. The summed E-state index contributed by atoms with van der Waals surface area (Å²) in [6.07, 6.45) is 0. The summed E-state index contributed by atoms with van der Waals surface area (Å²) in [6.45, 7) is 2.14. The number of nitrogens with zero attached hydrogens (tertiary/aromatic N) is 1. The molecular weight excluding hydrogens is 374 g/mol. The van der Waals surface area contributed by atoms with Crippen LogP contribution in [0.2, 0.25) is 0 Å². The number of hydrogen-bond acceptors (Lipinski definition) is 5. The fourth-order valence-electron chi connectivity index (χ4n) is 2.66. The van der Waals surface area contributed by atoms with Crippen molar-refractivity contribution in [2.45, 2.75) is 17.9 Å². The molecule has 7 nitrogen and oxygen atoms in total. The molecule has 0 radical (unpaired) electrons. The summed E-state index contributed by atoms with van der Waals surface area (Å²) in [6, 6.07) is 9.54. The topological polar surface area (TPSA) is 95.6 Å². The van der Waals surface area contributed by atoms with Gasteiger partial charge in [-0.05, 0) is 36.6 Å². The van der Waals surface area contributed by atoms with Crippen LogP contribution in [0, 0.1) is 0 Å². The average Bonchev–Trinajstić information content (AvgIpc) is 3.16. The zero-order valence-corrected chi connectivity index (χ0v) is 15.8. The first kappa shape index (κ1) is 18.6. The number of piperazine rings is 1. The third-order valence-corrected chi connectivity index (χ3v) is 6.95. The molecule has 0 unspecified atom stereocenters. The highest BCUT2D eigenvalue weighted by Crippen LogP contribution is 2.20. The van der Waals surface area contributed by atoms with Crippen LogP contribution in [0.4, 0.5) is 0 Å². The van der Waals surface area contributed by atoms with Gasteiger partial charge < -0.3 is 10.6 Å². The molecule has 26 heavy (non-hydrogen) atoms. The molecule has 2 heterocycles. The minimum absolute atomic E-state index is 0.00336. The van der Waals surface area contributed by atoms with Crippen LogP contribution in [0.1, 0.15) is 28.2 Å². The normalized spacial score (nSPS) is 16.7. The van der Waals surface area contributed by atoms with Gasteiger partial charge in [0.1, 0.15) is 0 Å². The molecule has 0 bridgehead atoms. The van der Waals surface area contributed by atoms with Crippen LogP contribution in [0.15, 0.2) is 46.7 Å². The second kappa shape index (κ2) is 7.56. The largest absolute Gasteiger partial charge is 0.354 e. The molecule has 1 saturated heterocycles. The predicted octanol–water partition coefficient (Wildman–Crippen LogP) is 1.36. The van der Waals surface area contributed by atoms with Crippen LogP contribution < -0.4 is 10.6 Å². The molecule has 138 valence electrons. The molecule has 3 rings (SSSR count). The predicted molar refractivity (Wildman–Crippen MR) is 98.4 cm³/mol. The third kappa shape index (κ3) is 3.95. The van der Waals surface area contributed by atoms with E-state index in [2.05, 4.69) is 10.6 Å². The Morgan fingerprint density at radius 3 is 2.81 bits per heavy atom. The van der Waals surface area contributed by atoms with Crippen LogP contribution in [-0.4, -0.2) is 44.2 Å². The number of sulfonamides is 1. The van der Waals surface area contributed by atoms with Gasteiger partial charge in [-0.15, -0.1) is 11.3 Å². The van der Waals surface area contributed by atoms with E-state index in [0.717, 1.165) is 9.18 Å². The number of nitrogens with one attached hydrogen (secondary N) is 2. The molecule has 1 aliphatic heterocycles. The second-order valence-corrected chi connectivity index (χ2v) is 8.84. The summed E-state index contributed by atoms with van der Waals surface area (Å²) in [5.74, 6) is -0.683. The van der Waals surface area contributed by atoms with E-state index in [-0.39, 0.29) is 47.9 Å². The zero-order valence-electron chi connectivity index (χ0n) is 14.1. The first-order valence-electron chi connectivity index (χ1n) is 8.09. The van der Waals surface area contributed by atoms with Crippen LogP contribution in [0.25, 0.3) is 0 Å². The third-order valence-electron chi connectivity index (χ3n) is 4.05. The van der Waals surface area contributed by atoms with E-state index in [1.54, 1.807) is 6.07 Å². The van der Waals surface area contributed by atoms with Gasteiger partial charge in [0.05, 0.1) is 17.5 Å². The lowest BCUT2D eigenvalue weighted by molar-refractivity contribution is -0.122. The number of benzene rings is 1. The minimum atomic E-state index is -3.83. The Morgan fingerprint density at radius 1 is 1.31 bits per heavy atom. The van der Waals surface area contributed by atoms with E-state index >= 15 is 0 Å². The Balaban J connectivity index is 1.79. The van der Waals surface area contributed by atoms with Gasteiger partial charge in [-0.2, -0.15) is 4.31 Å². The first-order valence-corrected chi connectivity index (χ1v) is 10.4. The minimum Gasteiger partial charge on any atom is -0.354 e. The van der Waals surface area contributed by atoms with Crippen LogP contribution in [0.5, 0.6) is 0 Å². The molecule has 2 amide bonds. The molecular formula is C17H19N3O4S2. The highest BCUT2D eigenvalue weighted by atomic mass is 32.2. The van der Waals surface area contributed by atoms with Crippen molar-refractivity contribution in [2.24, 2.45) is 0 Å². The van der Waals surface area contributed by atoms with Crippen molar-refractivity contribution in [3.63, 3.8) is 0 Å². The number of amides is 2. The molecule has 0 aliphatic carbocycles. The molecule has 0 saturated carbocycles. The van der Waals surface area contributed by atoms with E-state index in [1.807, 2.05) is 24.4 Å².